The van der Waals surface area contributed by atoms with Crippen LogP contribution in [0.5, 0.6) is 0 Å². The van der Waals surface area contributed by atoms with Crippen molar-refractivity contribution in [2.75, 3.05) is 0 Å². The first-order valence-electron chi connectivity index (χ1n) is 5.97. The molecule has 0 nitrogen and oxygen atoms in total. The molecular weight excluding hydrogens is 189 g/mol. The van der Waals surface area contributed by atoms with E-state index in [-0.39, 0.29) is 5.21 Å². The Morgan fingerprint density at radius 3 is 1.69 bits per heavy atom. The van der Waals surface area contributed by atoms with Crippen molar-refractivity contribution < 1.29 is 0 Å². The van der Waals surface area contributed by atoms with Crippen molar-refractivity contribution >= 4 is 22.8 Å². The van der Waals surface area contributed by atoms with Gasteiger partial charge in [-0.3, -0.25) is 0 Å². The number of rotatable bonds is 1. The Morgan fingerprint density at radius 2 is 1.25 bits per heavy atom. The van der Waals surface area contributed by atoms with Gasteiger partial charge in [0.05, 0.1) is 14.9 Å². The van der Waals surface area contributed by atoms with E-state index in [1.165, 1.54) is 22.3 Å². The zero-order chi connectivity index (χ0) is 11.2. The number of fused-ring (bicyclic) bond motifs is 3. The summed E-state index contributed by atoms with van der Waals surface area (Å²) in [7, 11) is 5.79. The minimum atomic E-state index is 0.202. The monoisotopic (exact) mass is 202 g/mol. The van der Waals surface area contributed by atoms with Crippen LogP contribution in [-0.2, 0) is 5.21 Å². The van der Waals surface area contributed by atoms with Crippen molar-refractivity contribution in [1.82, 2.24) is 0 Å². The molecule has 0 aromatic heterocycles. The number of hydrogen-bond acceptors (Lipinski definition) is 0. The second-order valence-electron chi connectivity index (χ2n) is 4.78. The maximum absolute atomic E-state index is 2.36. The fraction of sp³-hybridized carbons (Fsp3) is 0.0769. The SMILES string of the molecule is BBC1(B)c2ccccc2-c2ccccc21. The molecule has 1 aliphatic carbocycles. The van der Waals surface area contributed by atoms with Crippen molar-refractivity contribution in [2.45, 2.75) is 5.21 Å². The predicted molar refractivity (Wildman–Crippen MR) is 76.9 cm³/mol. The molecule has 0 saturated heterocycles. The van der Waals surface area contributed by atoms with Crippen molar-refractivity contribution in [3.63, 3.8) is 0 Å². The maximum Gasteiger partial charge on any atom is 0.110 e. The average molecular weight is 202 g/mol. The van der Waals surface area contributed by atoms with Gasteiger partial charge in [-0.15, -0.1) is 0 Å². The first-order valence-corrected chi connectivity index (χ1v) is 5.97. The first-order chi connectivity index (χ1) is 7.77. The van der Waals surface area contributed by atoms with Gasteiger partial charge < -0.3 is 0 Å². The molecule has 2 aromatic carbocycles. The van der Waals surface area contributed by atoms with E-state index < -0.39 is 0 Å². The summed E-state index contributed by atoms with van der Waals surface area (Å²) in [5.41, 5.74) is 5.81. The van der Waals surface area contributed by atoms with Crippen LogP contribution in [0.1, 0.15) is 11.1 Å². The standard InChI is InChI=1S/C13H13B3/c14-13(16-15)11-7-3-1-5-9(11)10-6-2-4-8-12(10)13/h1-8,16H,14-15H2. The van der Waals surface area contributed by atoms with E-state index in [2.05, 4.69) is 64.1 Å². The molecule has 0 unspecified atom stereocenters. The largest absolute Gasteiger partial charge is 0.110 e. The van der Waals surface area contributed by atoms with Gasteiger partial charge in [-0.1, -0.05) is 48.5 Å². The Hall–Kier alpha value is -1.37. The third-order valence-corrected chi connectivity index (χ3v) is 4.04. The van der Waals surface area contributed by atoms with Crippen molar-refractivity contribution in [2.24, 2.45) is 0 Å². The molecule has 3 heteroatoms. The van der Waals surface area contributed by atoms with E-state index in [1.807, 2.05) is 0 Å². The normalized spacial score (nSPS) is 15.2. The molecule has 2 aromatic rings. The second-order valence-corrected chi connectivity index (χ2v) is 4.78. The molecule has 0 bridgehead atoms. The lowest BCUT2D eigenvalue weighted by molar-refractivity contribution is 1.08. The molecule has 0 amide bonds. The van der Waals surface area contributed by atoms with Crippen LogP contribution in [0.2, 0.25) is 0 Å². The van der Waals surface area contributed by atoms with Crippen LogP contribution in [0.15, 0.2) is 48.5 Å². The van der Waals surface area contributed by atoms with Crippen molar-refractivity contribution in [1.29, 1.82) is 0 Å². The molecule has 3 rings (SSSR count). The molecule has 0 saturated carbocycles. The Kier molecular flexibility index (Phi) is 2.04. The summed E-state index contributed by atoms with van der Waals surface area (Å²) in [5.74, 6) is 0. The van der Waals surface area contributed by atoms with Gasteiger partial charge in [0.25, 0.3) is 0 Å². The molecule has 0 aliphatic heterocycles. The molecule has 1 aliphatic rings. The van der Waals surface area contributed by atoms with Gasteiger partial charge in [-0.05, 0) is 27.5 Å². The molecule has 0 radical (unpaired) electrons. The lowest BCUT2D eigenvalue weighted by atomic mass is 9.30. The van der Waals surface area contributed by atoms with Crippen molar-refractivity contribution in [3.05, 3.63) is 59.7 Å². The summed E-state index contributed by atoms with van der Waals surface area (Å²) in [6.45, 7) is 0. The Morgan fingerprint density at radius 1 is 0.812 bits per heavy atom. The van der Waals surface area contributed by atoms with Gasteiger partial charge >= 0.3 is 0 Å². The maximum atomic E-state index is 2.36. The molecule has 0 atom stereocenters. The Balaban J connectivity index is 2.39. The fourth-order valence-corrected chi connectivity index (χ4v) is 2.92. The molecule has 0 heterocycles. The number of hydrogen-bond donors (Lipinski definition) is 0. The Bertz CT molecular complexity index is 503. The van der Waals surface area contributed by atoms with Crippen LogP contribution in [-0.4, -0.2) is 22.8 Å². The highest BCUT2D eigenvalue weighted by Crippen LogP contribution is 2.45. The summed E-state index contributed by atoms with van der Waals surface area (Å²) in [4.78, 5) is 0. The predicted octanol–water partition coefficient (Wildman–Crippen LogP) is 0.486. The van der Waals surface area contributed by atoms with Crippen LogP contribution in [0.25, 0.3) is 11.1 Å². The van der Waals surface area contributed by atoms with Gasteiger partial charge in [0.15, 0.2) is 0 Å². The van der Waals surface area contributed by atoms with Crippen LogP contribution in [0, 0.1) is 0 Å². The van der Waals surface area contributed by atoms with Gasteiger partial charge in [-0.2, -0.15) is 0 Å². The van der Waals surface area contributed by atoms with Crippen LogP contribution in [0.3, 0.4) is 0 Å². The molecule has 16 heavy (non-hydrogen) atoms. The average Bonchev–Trinajstić information content (AvgIpc) is 2.62. The fourth-order valence-electron chi connectivity index (χ4n) is 2.92. The minimum absolute atomic E-state index is 0.202. The number of benzene rings is 2. The van der Waals surface area contributed by atoms with Crippen LogP contribution < -0.4 is 0 Å². The lowest BCUT2D eigenvalue weighted by Crippen LogP contribution is -2.33. The highest BCUT2D eigenvalue weighted by molar-refractivity contribution is 6.95. The molecule has 0 spiro atoms. The van der Waals surface area contributed by atoms with Gasteiger partial charge in [-0.25, -0.2) is 0 Å². The van der Waals surface area contributed by atoms with Crippen LogP contribution in [0.4, 0.5) is 0 Å². The topological polar surface area (TPSA) is 0 Å². The second kappa shape index (κ2) is 3.31. The molecular formula is C13H13B3. The summed E-state index contributed by atoms with van der Waals surface area (Å²) in [5, 5.41) is 0.202. The first kappa shape index (κ1) is 9.83. The van der Waals surface area contributed by atoms with Gasteiger partial charge in [0.1, 0.15) is 7.85 Å². The lowest BCUT2D eigenvalue weighted by Gasteiger charge is -2.25. The van der Waals surface area contributed by atoms with Crippen LogP contribution >= 0.6 is 0 Å². The van der Waals surface area contributed by atoms with E-state index in [1.54, 1.807) is 0 Å². The van der Waals surface area contributed by atoms with E-state index in [0.29, 0.717) is 0 Å². The zero-order valence-electron chi connectivity index (χ0n) is 9.83. The summed E-state index contributed by atoms with van der Waals surface area (Å²) in [6, 6.07) is 17.6. The van der Waals surface area contributed by atoms with E-state index in [0.717, 1.165) is 7.17 Å². The summed E-state index contributed by atoms with van der Waals surface area (Å²) in [6.07, 6.45) is 0. The van der Waals surface area contributed by atoms with E-state index in [9.17, 15) is 0 Å². The van der Waals surface area contributed by atoms with E-state index >= 15 is 0 Å². The van der Waals surface area contributed by atoms with Crippen molar-refractivity contribution in [3.8, 4) is 11.1 Å². The van der Waals surface area contributed by atoms with Gasteiger partial charge in [0, 0.05) is 0 Å². The Labute approximate surface area is 99.1 Å². The highest BCUT2D eigenvalue weighted by Gasteiger charge is 2.36. The van der Waals surface area contributed by atoms with Gasteiger partial charge in [0.2, 0.25) is 0 Å². The molecule has 74 valence electrons. The molecule has 0 fully saturated rings. The third-order valence-electron chi connectivity index (χ3n) is 4.04. The molecule has 0 N–H and O–H groups in total. The summed E-state index contributed by atoms with van der Waals surface area (Å²) < 4.78 is 0. The highest BCUT2D eigenvalue weighted by atomic mass is 14.3. The zero-order valence-corrected chi connectivity index (χ0v) is 9.83. The quantitative estimate of drug-likeness (QED) is 0.589. The smallest absolute Gasteiger partial charge is 0.0620 e. The minimum Gasteiger partial charge on any atom is -0.0620 e. The third kappa shape index (κ3) is 1.09. The summed E-state index contributed by atoms with van der Waals surface area (Å²) >= 11 is 0. The van der Waals surface area contributed by atoms with E-state index in [4.69, 9.17) is 0 Å².